The maximum atomic E-state index is 6.81. The second-order valence-electron chi connectivity index (χ2n) is 0. The average Bonchev–Trinajstić information content (AvgIpc) is 1.50. The molecule has 6 radical (unpaired) electrons. The quantitative estimate of drug-likeness (QED) is 0.319. The van der Waals surface area contributed by atoms with Crippen molar-refractivity contribution in [2.45, 2.75) is 0 Å². The van der Waals surface area contributed by atoms with Crippen LogP contribution in [-0.4, -0.2) is 36.0 Å². The molecular formula is CH7O3Si2Ti-. The van der Waals surface area contributed by atoms with Gasteiger partial charge in [-0.2, -0.15) is 0 Å². The number of hydrogen-bond donors (Lipinski definition) is 2. The van der Waals surface area contributed by atoms with Crippen LogP contribution in [0, 0.1) is 7.43 Å². The van der Waals surface area contributed by atoms with Gasteiger partial charge in [0, 0.05) is 21.7 Å². The minimum absolute atomic E-state index is 0. The van der Waals surface area contributed by atoms with Crippen molar-refractivity contribution in [1.29, 1.82) is 0 Å². The van der Waals surface area contributed by atoms with Crippen LogP contribution < -0.4 is 0 Å². The Kier molecular flexibility index (Phi) is 1490. The van der Waals surface area contributed by atoms with Crippen LogP contribution in [0.2, 0.25) is 0 Å². The van der Waals surface area contributed by atoms with Gasteiger partial charge in [-0.15, -0.1) is 0 Å². The van der Waals surface area contributed by atoms with E-state index >= 15 is 0 Å². The van der Waals surface area contributed by atoms with Gasteiger partial charge in [-0.25, -0.2) is 0 Å². The fourth-order valence-electron chi connectivity index (χ4n) is 0. The maximum Gasteiger partial charge on any atom is 0.240 e. The Bertz CT molecular complexity index is 12.9. The summed E-state index contributed by atoms with van der Waals surface area (Å²) in [5, 5.41) is 0. The minimum Gasteiger partial charge on any atom is -0.433 e. The van der Waals surface area contributed by atoms with Crippen LogP contribution in [0.5, 0.6) is 0 Å². The smallest absolute Gasteiger partial charge is 0.240 e. The Morgan fingerprint density at radius 1 is 0.857 bits per heavy atom. The van der Waals surface area contributed by atoms with Crippen molar-refractivity contribution in [2.24, 2.45) is 0 Å². The summed E-state index contributed by atoms with van der Waals surface area (Å²) in [5.41, 5.74) is 0. The first kappa shape index (κ1) is 43.2. The standard InChI is InChI=1S/CH3.2HOSi.H2O.Ti/c;2*1-2;;/h1H3;2*1H;1H2;/q-1;;;;. The third kappa shape index (κ3) is 168. The van der Waals surface area contributed by atoms with Crippen LogP contribution >= 0.6 is 0 Å². The second-order valence-corrected chi connectivity index (χ2v) is 0. The summed E-state index contributed by atoms with van der Waals surface area (Å²) in [5.74, 6) is 0. The van der Waals surface area contributed by atoms with Crippen molar-refractivity contribution in [3.05, 3.63) is 7.43 Å². The van der Waals surface area contributed by atoms with E-state index in [-0.39, 0.29) is 34.6 Å². The molecule has 6 heteroatoms. The normalized spacial score (nSPS) is 1.71. The van der Waals surface area contributed by atoms with Gasteiger partial charge < -0.3 is 22.5 Å². The van der Waals surface area contributed by atoms with E-state index in [4.69, 9.17) is 9.59 Å². The van der Waals surface area contributed by atoms with E-state index in [9.17, 15) is 0 Å². The summed E-state index contributed by atoms with van der Waals surface area (Å²) in [4.78, 5) is 13.6. The zero-order valence-electron chi connectivity index (χ0n) is 3.89. The second kappa shape index (κ2) is 242. The van der Waals surface area contributed by atoms with E-state index in [0.29, 0.717) is 0 Å². The summed E-state index contributed by atoms with van der Waals surface area (Å²) in [6.07, 6.45) is 0. The summed E-state index contributed by atoms with van der Waals surface area (Å²) in [7, 11) is 3.94. The molecule has 0 saturated heterocycles. The molecule has 0 atom stereocenters. The van der Waals surface area contributed by atoms with Crippen molar-refractivity contribution >= 4 is 21.0 Å². The van der Waals surface area contributed by atoms with Crippen molar-refractivity contribution in [3.63, 3.8) is 0 Å². The Labute approximate surface area is 65.4 Å². The molecule has 0 fully saturated rings. The largest absolute Gasteiger partial charge is 0.433 e. The average molecular weight is 171 g/mol. The molecule has 0 saturated carbocycles. The topological polar surface area (TPSA) is 72.0 Å². The SMILES string of the molecule is O.O[Si].O[Si].[CH3-].[Ti]. The van der Waals surface area contributed by atoms with Gasteiger partial charge in [0.15, 0.2) is 0 Å². The molecule has 0 aliphatic carbocycles. The third-order valence-electron chi connectivity index (χ3n) is 0. The third-order valence-corrected chi connectivity index (χ3v) is 0. The van der Waals surface area contributed by atoms with Gasteiger partial charge in [0.1, 0.15) is 0 Å². The molecule has 0 aromatic heterocycles. The molecular weight excluding hydrogens is 164 g/mol. The van der Waals surface area contributed by atoms with Crippen molar-refractivity contribution < 1.29 is 36.8 Å². The zero-order chi connectivity index (χ0) is 4.00. The van der Waals surface area contributed by atoms with Gasteiger partial charge in [0.25, 0.3) is 0 Å². The number of hydrogen-bond acceptors (Lipinski definition) is 2. The molecule has 0 amide bonds. The molecule has 0 aromatic carbocycles. The van der Waals surface area contributed by atoms with E-state index in [1.54, 1.807) is 0 Å². The predicted molar refractivity (Wildman–Crippen MR) is 26.0 cm³/mol. The summed E-state index contributed by atoms with van der Waals surface area (Å²) < 4.78 is 0. The van der Waals surface area contributed by atoms with Gasteiger partial charge >= 0.3 is 0 Å². The number of rotatable bonds is 0. The Balaban J connectivity index is -0.00000000267. The van der Waals surface area contributed by atoms with Gasteiger partial charge in [-0.05, 0) is 0 Å². The monoisotopic (exact) mass is 171 g/mol. The van der Waals surface area contributed by atoms with Gasteiger partial charge in [-0.3, -0.25) is 0 Å². The van der Waals surface area contributed by atoms with E-state index in [0.717, 1.165) is 0 Å². The van der Waals surface area contributed by atoms with Crippen LogP contribution in [0.25, 0.3) is 0 Å². The summed E-state index contributed by atoms with van der Waals surface area (Å²) >= 11 is 0. The summed E-state index contributed by atoms with van der Waals surface area (Å²) in [6.45, 7) is 0. The predicted octanol–water partition coefficient (Wildman–Crippen LogP) is -2.25. The molecule has 0 bridgehead atoms. The van der Waals surface area contributed by atoms with E-state index < -0.39 is 0 Å². The van der Waals surface area contributed by atoms with Gasteiger partial charge in [-0.1, -0.05) is 0 Å². The molecule has 3 nitrogen and oxygen atoms in total. The van der Waals surface area contributed by atoms with Crippen LogP contribution in [0.4, 0.5) is 0 Å². The fraction of sp³-hybridized carbons (Fsp3) is 0. The van der Waals surface area contributed by atoms with Crippen molar-refractivity contribution in [3.8, 4) is 0 Å². The molecule has 4 N–H and O–H groups in total. The molecule has 7 heavy (non-hydrogen) atoms. The van der Waals surface area contributed by atoms with E-state index in [2.05, 4.69) is 0 Å². The molecule has 0 aromatic rings. The maximum absolute atomic E-state index is 6.81. The molecule has 42 valence electrons. The first-order valence-electron chi connectivity index (χ1n) is 0.447. The van der Waals surface area contributed by atoms with Gasteiger partial charge in [0.2, 0.25) is 21.0 Å². The van der Waals surface area contributed by atoms with Crippen LogP contribution in [-0.2, 0) is 21.7 Å². The minimum atomic E-state index is 0. The Morgan fingerprint density at radius 2 is 0.857 bits per heavy atom. The molecule has 0 heterocycles. The first-order valence-corrected chi connectivity index (χ1v) is 1.34. The Hall–Kier alpha value is 1.03. The molecule has 0 aliphatic heterocycles. The first-order chi connectivity index (χ1) is 2.00. The zero-order valence-corrected chi connectivity index (χ0v) is 7.46. The van der Waals surface area contributed by atoms with Crippen molar-refractivity contribution in [2.75, 3.05) is 0 Å². The van der Waals surface area contributed by atoms with E-state index in [1.807, 2.05) is 21.0 Å². The van der Waals surface area contributed by atoms with Crippen LogP contribution in [0.3, 0.4) is 0 Å². The molecule has 0 spiro atoms. The fourth-order valence-corrected chi connectivity index (χ4v) is 0. The van der Waals surface area contributed by atoms with Crippen LogP contribution in [0.15, 0.2) is 0 Å². The molecule has 0 unspecified atom stereocenters. The molecule has 0 rings (SSSR count). The van der Waals surface area contributed by atoms with E-state index in [1.165, 1.54) is 0 Å². The van der Waals surface area contributed by atoms with Crippen molar-refractivity contribution in [1.82, 2.24) is 0 Å². The summed E-state index contributed by atoms with van der Waals surface area (Å²) in [6, 6.07) is 0. The van der Waals surface area contributed by atoms with Gasteiger partial charge in [0.05, 0.1) is 0 Å². The van der Waals surface area contributed by atoms with Crippen LogP contribution in [0.1, 0.15) is 0 Å². The molecule has 0 aliphatic rings. The Morgan fingerprint density at radius 3 is 0.857 bits per heavy atom.